The van der Waals surface area contributed by atoms with Crippen molar-refractivity contribution < 1.29 is 4.74 Å². The molecule has 1 heterocycles. The van der Waals surface area contributed by atoms with Crippen molar-refractivity contribution in [2.45, 2.75) is 12.8 Å². The van der Waals surface area contributed by atoms with Crippen molar-refractivity contribution in [2.75, 3.05) is 0 Å². The summed E-state index contributed by atoms with van der Waals surface area (Å²) in [6.45, 7) is 2.13. The van der Waals surface area contributed by atoms with Crippen LogP contribution in [0.15, 0.2) is 54.8 Å². The van der Waals surface area contributed by atoms with Crippen molar-refractivity contribution >= 4 is 0 Å². The second-order valence-corrected chi connectivity index (χ2v) is 3.27. The molecule has 0 bridgehead atoms. The molecule has 14 heavy (non-hydrogen) atoms. The van der Waals surface area contributed by atoms with E-state index in [1.54, 1.807) is 12.5 Å². The first-order valence-electron chi connectivity index (χ1n) is 4.70. The van der Waals surface area contributed by atoms with Gasteiger partial charge in [-0.05, 0) is 5.56 Å². The van der Waals surface area contributed by atoms with Crippen LogP contribution in [0.5, 0.6) is 0 Å². The molecular formula is C12H13NO. The summed E-state index contributed by atoms with van der Waals surface area (Å²) in [5.41, 5.74) is 1.26. The summed E-state index contributed by atoms with van der Waals surface area (Å²) < 4.78 is 5.41. The highest BCUT2D eigenvalue weighted by Crippen LogP contribution is 2.24. The Kier molecular flexibility index (Phi) is 2.54. The molecule has 0 saturated heterocycles. The van der Waals surface area contributed by atoms with E-state index in [0.717, 1.165) is 5.76 Å². The third-order valence-corrected chi connectivity index (χ3v) is 2.32. The van der Waals surface area contributed by atoms with Gasteiger partial charge in [0.2, 0.25) is 0 Å². The van der Waals surface area contributed by atoms with Crippen molar-refractivity contribution in [3.05, 3.63) is 60.3 Å². The Morgan fingerprint density at radius 2 is 2.00 bits per heavy atom. The molecule has 0 saturated carbocycles. The van der Waals surface area contributed by atoms with Gasteiger partial charge in [-0.25, -0.2) is 0 Å². The average molecular weight is 187 g/mol. The average Bonchev–Trinajstić information content (AvgIpc) is 2.30. The van der Waals surface area contributed by atoms with Gasteiger partial charge < -0.3 is 10.1 Å². The summed E-state index contributed by atoms with van der Waals surface area (Å²) in [5, 5.41) is 3.02. The van der Waals surface area contributed by atoms with Gasteiger partial charge in [-0.3, -0.25) is 0 Å². The predicted octanol–water partition coefficient (Wildman–Crippen LogP) is 2.72. The smallest absolute Gasteiger partial charge is 0.126 e. The van der Waals surface area contributed by atoms with E-state index in [4.69, 9.17) is 4.74 Å². The Morgan fingerprint density at radius 1 is 1.21 bits per heavy atom. The van der Waals surface area contributed by atoms with Gasteiger partial charge in [-0.1, -0.05) is 37.3 Å². The van der Waals surface area contributed by atoms with Gasteiger partial charge in [0.15, 0.2) is 0 Å². The van der Waals surface area contributed by atoms with Crippen molar-refractivity contribution in [1.82, 2.24) is 5.32 Å². The highest BCUT2D eigenvalue weighted by molar-refractivity contribution is 5.26. The monoisotopic (exact) mass is 187 g/mol. The van der Waals surface area contributed by atoms with Crippen molar-refractivity contribution in [1.29, 1.82) is 0 Å². The third-order valence-electron chi connectivity index (χ3n) is 2.32. The van der Waals surface area contributed by atoms with Gasteiger partial charge in [0.05, 0.1) is 0 Å². The molecule has 1 atom stereocenters. The lowest BCUT2D eigenvalue weighted by molar-refractivity contribution is 0.310. The number of nitrogens with one attached hydrogen (secondary N) is 1. The first-order valence-corrected chi connectivity index (χ1v) is 4.70. The maximum Gasteiger partial charge on any atom is 0.126 e. The highest BCUT2D eigenvalue weighted by atomic mass is 16.5. The molecule has 2 heteroatoms. The molecule has 0 amide bonds. The van der Waals surface area contributed by atoms with Crippen LogP contribution in [0.4, 0.5) is 0 Å². The number of rotatable bonds is 2. The fourth-order valence-corrected chi connectivity index (χ4v) is 1.45. The van der Waals surface area contributed by atoms with E-state index in [1.165, 1.54) is 5.56 Å². The number of hydrogen-bond acceptors (Lipinski definition) is 2. The number of allylic oxidation sites excluding steroid dienone is 1. The molecule has 1 aliphatic rings. The molecule has 72 valence electrons. The van der Waals surface area contributed by atoms with Gasteiger partial charge in [-0.2, -0.15) is 0 Å². The van der Waals surface area contributed by atoms with Crippen LogP contribution in [0, 0.1) is 0 Å². The molecule has 0 spiro atoms. The van der Waals surface area contributed by atoms with Crippen LogP contribution < -0.4 is 5.32 Å². The Labute approximate surface area is 83.9 Å². The second kappa shape index (κ2) is 4.01. The summed E-state index contributed by atoms with van der Waals surface area (Å²) in [6, 6.07) is 10.3. The fraction of sp³-hybridized carbons (Fsp3) is 0.167. The van der Waals surface area contributed by atoms with Crippen LogP contribution in [-0.2, 0) is 4.74 Å². The number of ether oxygens (including phenoxy) is 1. The SMILES string of the molecule is CC(C1=CNC=CO1)c1ccccc1. The molecular weight excluding hydrogens is 174 g/mol. The largest absolute Gasteiger partial charge is 0.466 e. The van der Waals surface area contributed by atoms with E-state index in [-0.39, 0.29) is 5.92 Å². The Balaban J connectivity index is 2.16. The lowest BCUT2D eigenvalue weighted by atomic mass is 9.99. The normalized spacial score (nSPS) is 16.5. The molecule has 0 radical (unpaired) electrons. The maximum atomic E-state index is 5.41. The minimum absolute atomic E-state index is 0.286. The van der Waals surface area contributed by atoms with Gasteiger partial charge in [0, 0.05) is 18.3 Å². The minimum atomic E-state index is 0.286. The van der Waals surface area contributed by atoms with E-state index in [0.29, 0.717) is 0 Å². The zero-order chi connectivity index (χ0) is 9.80. The lowest BCUT2D eigenvalue weighted by Gasteiger charge is -2.17. The molecule has 1 aromatic carbocycles. The van der Waals surface area contributed by atoms with Gasteiger partial charge in [0.1, 0.15) is 12.0 Å². The fourth-order valence-electron chi connectivity index (χ4n) is 1.45. The van der Waals surface area contributed by atoms with Crippen LogP contribution in [0.1, 0.15) is 18.4 Å². The highest BCUT2D eigenvalue weighted by Gasteiger charge is 2.12. The minimum Gasteiger partial charge on any atom is -0.466 e. The molecule has 0 aliphatic carbocycles. The van der Waals surface area contributed by atoms with Gasteiger partial charge in [-0.15, -0.1) is 0 Å². The second-order valence-electron chi connectivity index (χ2n) is 3.27. The summed E-state index contributed by atoms with van der Waals surface area (Å²) in [5.74, 6) is 1.23. The first kappa shape index (κ1) is 8.88. The topological polar surface area (TPSA) is 21.3 Å². The molecule has 2 rings (SSSR count). The standard InChI is InChI=1S/C12H13NO/c1-10(11-5-3-2-4-6-11)12-9-13-7-8-14-12/h2-10,13H,1H3. The Morgan fingerprint density at radius 3 is 2.64 bits per heavy atom. The van der Waals surface area contributed by atoms with Crippen LogP contribution in [-0.4, -0.2) is 0 Å². The molecule has 0 aromatic heterocycles. The molecule has 1 aliphatic heterocycles. The van der Waals surface area contributed by atoms with Crippen LogP contribution >= 0.6 is 0 Å². The zero-order valence-electron chi connectivity index (χ0n) is 8.10. The third kappa shape index (κ3) is 1.79. The van der Waals surface area contributed by atoms with Gasteiger partial charge >= 0.3 is 0 Å². The van der Waals surface area contributed by atoms with Crippen molar-refractivity contribution in [3.8, 4) is 0 Å². The summed E-state index contributed by atoms with van der Waals surface area (Å²) in [7, 11) is 0. The van der Waals surface area contributed by atoms with Gasteiger partial charge in [0.25, 0.3) is 0 Å². The Bertz CT molecular complexity index is 354. The number of benzene rings is 1. The maximum absolute atomic E-state index is 5.41. The summed E-state index contributed by atoms with van der Waals surface area (Å²) in [6.07, 6.45) is 5.31. The van der Waals surface area contributed by atoms with Crippen LogP contribution in [0.2, 0.25) is 0 Å². The van der Waals surface area contributed by atoms with Crippen LogP contribution in [0.3, 0.4) is 0 Å². The quantitative estimate of drug-likeness (QED) is 0.768. The molecule has 1 aromatic rings. The summed E-state index contributed by atoms with van der Waals surface area (Å²) in [4.78, 5) is 0. The number of hydrogen-bond donors (Lipinski definition) is 1. The summed E-state index contributed by atoms with van der Waals surface area (Å²) >= 11 is 0. The molecule has 0 fully saturated rings. The first-order chi connectivity index (χ1) is 6.88. The molecule has 2 nitrogen and oxygen atoms in total. The van der Waals surface area contributed by atoms with Crippen molar-refractivity contribution in [2.24, 2.45) is 0 Å². The van der Waals surface area contributed by atoms with E-state index in [2.05, 4.69) is 24.4 Å². The van der Waals surface area contributed by atoms with E-state index in [9.17, 15) is 0 Å². The van der Waals surface area contributed by atoms with E-state index >= 15 is 0 Å². The molecule has 1 N–H and O–H groups in total. The zero-order valence-corrected chi connectivity index (χ0v) is 8.10. The lowest BCUT2D eigenvalue weighted by Crippen LogP contribution is -2.08. The molecule has 1 unspecified atom stereocenters. The predicted molar refractivity (Wildman–Crippen MR) is 56.3 cm³/mol. The van der Waals surface area contributed by atoms with Crippen molar-refractivity contribution in [3.63, 3.8) is 0 Å². The Hall–Kier alpha value is -1.70. The van der Waals surface area contributed by atoms with E-state index in [1.807, 2.05) is 24.4 Å². The van der Waals surface area contributed by atoms with Crippen LogP contribution in [0.25, 0.3) is 0 Å². The van der Waals surface area contributed by atoms with E-state index < -0.39 is 0 Å².